The van der Waals surface area contributed by atoms with E-state index < -0.39 is 0 Å². The van der Waals surface area contributed by atoms with Crippen molar-refractivity contribution in [2.75, 3.05) is 31.6 Å². The van der Waals surface area contributed by atoms with Crippen molar-refractivity contribution in [1.82, 2.24) is 10.2 Å². The van der Waals surface area contributed by atoms with Gasteiger partial charge in [-0.2, -0.15) is 11.8 Å². The van der Waals surface area contributed by atoms with E-state index in [4.69, 9.17) is 0 Å². The average molecular weight is 228 g/mol. The van der Waals surface area contributed by atoms with E-state index >= 15 is 0 Å². The van der Waals surface area contributed by atoms with Gasteiger partial charge < -0.3 is 10.2 Å². The van der Waals surface area contributed by atoms with Crippen LogP contribution in [-0.4, -0.2) is 48.6 Å². The Hall–Kier alpha value is 0.270. The third-order valence-corrected chi connectivity index (χ3v) is 4.84. The van der Waals surface area contributed by atoms with Gasteiger partial charge in [-0.05, 0) is 38.6 Å². The molecule has 0 aromatic heterocycles. The molecule has 15 heavy (non-hydrogen) atoms. The number of hydrogen-bond donors (Lipinski definition) is 1. The lowest BCUT2D eigenvalue weighted by molar-refractivity contribution is 0.230. The van der Waals surface area contributed by atoms with Crippen molar-refractivity contribution < 1.29 is 0 Å². The molecule has 0 saturated carbocycles. The van der Waals surface area contributed by atoms with Crippen LogP contribution in [0.4, 0.5) is 0 Å². The Labute approximate surface area is 98.2 Å². The minimum absolute atomic E-state index is 0.753. The van der Waals surface area contributed by atoms with Crippen LogP contribution < -0.4 is 5.32 Å². The van der Waals surface area contributed by atoms with Crippen LogP contribution in [-0.2, 0) is 0 Å². The largest absolute Gasteiger partial charge is 0.313 e. The van der Waals surface area contributed by atoms with Gasteiger partial charge in [-0.15, -0.1) is 0 Å². The fraction of sp³-hybridized carbons (Fsp3) is 1.00. The lowest BCUT2D eigenvalue weighted by atomic mass is 10.1. The maximum atomic E-state index is 3.69. The van der Waals surface area contributed by atoms with Gasteiger partial charge in [-0.3, -0.25) is 0 Å². The van der Waals surface area contributed by atoms with E-state index in [9.17, 15) is 0 Å². The van der Waals surface area contributed by atoms with Gasteiger partial charge in [0.05, 0.1) is 0 Å². The highest BCUT2D eigenvalue weighted by molar-refractivity contribution is 7.99. The van der Waals surface area contributed by atoms with Gasteiger partial charge in [0.15, 0.2) is 0 Å². The normalized spacial score (nSPS) is 33.2. The molecule has 0 radical (unpaired) electrons. The molecule has 1 N–H and O–H groups in total. The highest BCUT2D eigenvalue weighted by Crippen LogP contribution is 2.22. The van der Waals surface area contributed by atoms with Crippen LogP contribution in [0.5, 0.6) is 0 Å². The third-order valence-electron chi connectivity index (χ3n) is 3.70. The number of rotatable bonds is 3. The minimum atomic E-state index is 0.753. The molecule has 0 aromatic rings. The maximum absolute atomic E-state index is 3.69. The standard InChI is InChI=1S/C12H24N2S/c1-14(12-6-8-15-10-12)9-11-5-3-2-4-7-13-11/h11-13H,2-10H2,1H3. The van der Waals surface area contributed by atoms with Gasteiger partial charge in [0.2, 0.25) is 0 Å². The van der Waals surface area contributed by atoms with E-state index in [0.29, 0.717) is 0 Å². The van der Waals surface area contributed by atoms with Crippen LogP contribution >= 0.6 is 11.8 Å². The zero-order valence-electron chi connectivity index (χ0n) is 9.87. The predicted octanol–water partition coefficient (Wildman–Crippen LogP) is 1.96. The first-order valence-corrected chi connectivity index (χ1v) is 7.53. The van der Waals surface area contributed by atoms with Crippen LogP contribution in [0.1, 0.15) is 32.1 Å². The summed E-state index contributed by atoms with van der Waals surface area (Å²) in [5.41, 5.74) is 0. The molecular formula is C12H24N2S. The van der Waals surface area contributed by atoms with Crippen molar-refractivity contribution in [3.05, 3.63) is 0 Å². The van der Waals surface area contributed by atoms with Gasteiger partial charge in [-0.25, -0.2) is 0 Å². The number of nitrogens with zero attached hydrogens (tertiary/aromatic N) is 1. The molecule has 2 fully saturated rings. The zero-order chi connectivity index (χ0) is 10.5. The summed E-state index contributed by atoms with van der Waals surface area (Å²) < 4.78 is 0. The summed E-state index contributed by atoms with van der Waals surface area (Å²) in [4.78, 5) is 2.59. The smallest absolute Gasteiger partial charge is 0.0195 e. The van der Waals surface area contributed by atoms with Crippen molar-refractivity contribution in [2.24, 2.45) is 0 Å². The molecule has 0 aromatic carbocycles. The van der Waals surface area contributed by atoms with Gasteiger partial charge in [-0.1, -0.05) is 12.8 Å². The van der Waals surface area contributed by atoms with Crippen molar-refractivity contribution in [2.45, 2.75) is 44.2 Å². The Morgan fingerprint density at radius 3 is 3.00 bits per heavy atom. The average Bonchev–Trinajstić information content (AvgIpc) is 2.65. The van der Waals surface area contributed by atoms with Gasteiger partial charge >= 0.3 is 0 Å². The van der Waals surface area contributed by atoms with Gasteiger partial charge in [0.25, 0.3) is 0 Å². The molecule has 2 aliphatic rings. The van der Waals surface area contributed by atoms with Crippen LogP contribution in [0.3, 0.4) is 0 Å². The molecule has 0 aliphatic carbocycles. The first-order valence-electron chi connectivity index (χ1n) is 6.37. The SMILES string of the molecule is CN(CC1CCCCCN1)C1CCSC1. The predicted molar refractivity (Wildman–Crippen MR) is 68.6 cm³/mol. The molecule has 2 unspecified atom stereocenters. The minimum Gasteiger partial charge on any atom is -0.313 e. The van der Waals surface area contributed by atoms with Crippen LogP contribution in [0, 0.1) is 0 Å². The summed E-state index contributed by atoms with van der Waals surface area (Å²) in [6, 6.07) is 1.60. The van der Waals surface area contributed by atoms with E-state index in [1.54, 1.807) is 0 Å². The number of nitrogens with one attached hydrogen (secondary N) is 1. The molecule has 2 heterocycles. The molecule has 2 nitrogen and oxygen atoms in total. The van der Waals surface area contributed by atoms with E-state index in [1.165, 1.54) is 56.7 Å². The zero-order valence-corrected chi connectivity index (χ0v) is 10.7. The Bertz CT molecular complexity index is 172. The molecule has 3 heteroatoms. The van der Waals surface area contributed by atoms with Gasteiger partial charge in [0.1, 0.15) is 0 Å². The number of hydrogen-bond acceptors (Lipinski definition) is 3. The van der Waals surface area contributed by atoms with E-state index in [2.05, 4.69) is 29.0 Å². The summed E-state index contributed by atoms with van der Waals surface area (Å²) in [6.07, 6.45) is 7.00. The molecule has 2 atom stereocenters. The summed E-state index contributed by atoms with van der Waals surface area (Å²) >= 11 is 2.11. The molecule has 2 saturated heterocycles. The number of likely N-dealkylation sites (N-methyl/N-ethyl adjacent to an activating group) is 1. The van der Waals surface area contributed by atoms with Crippen LogP contribution in [0.25, 0.3) is 0 Å². The molecule has 0 spiro atoms. The summed E-state index contributed by atoms with van der Waals surface area (Å²) in [5, 5.41) is 3.69. The van der Waals surface area contributed by atoms with E-state index in [0.717, 1.165) is 12.1 Å². The fourth-order valence-electron chi connectivity index (χ4n) is 2.62. The van der Waals surface area contributed by atoms with Crippen molar-refractivity contribution in [3.8, 4) is 0 Å². The fourth-order valence-corrected chi connectivity index (χ4v) is 3.92. The molecule has 2 rings (SSSR count). The quantitative estimate of drug-likeness (QED) is 0.795. The van der Waals surface area contributed by atoms with Crippen molar-refractivity contribution >= 4 is 11.8 Å². The van der Waals surface area contributed by atoms with Crippen LogP contribution in [0.15, 0.2) is 0 Å². The summed E-state index contributed by atoms with van der Waals surface area (Å²) in [5.74, 6) is 2.72. The Morgan fingerprint density at radius 2 is 2.20 bits per heavy atom. The first kappa shape index (κ1) is 11.7. The van der Waals surface area contributed by atoms with Gasteiger partial charge in [0, 0.05) is 24.4 Å². The van der Waals surface area contributed by atoms with Crippen molar-refractivity contribution in [3.63, 3.8) is 0 Å². The lowest BCUT2D eigenvalue weighted by Crippen LogP contribution is -2.43. The molecular weight excluding hydrogens is 204 g/mol. The van der Waals surface area contributed by atoms with Crippen LogP contribution in [0.2, 0.25) is 0 Å². The highest BCUT2D eigenvalue weighted by Gasteiger charge is 2.22. The van der Waals surface area contributed by atoms with E-state index in [-0.39, 0.29) is 0 Å². The second-order valence-electron chi connectivity index (χ2n) is 4.96. The molecule has 0 bridgehead atoms. The topological polar surface area (TPSA) is 15.3 Å². The lowest BCUT2D eigenvalue weighted by Gasteiger charge is -2.28. The second kappa shape index (κ2) is 6.12. The summed E-state index contributed by atoms with van der Waals surface area (Å²) in [7, 11) is 2.31. The second-order valence-corrected chi connectivity index (χ2v) is 6.11. The van der Waals surface area contributed by atoms with Crippen molar-refractivity contribution in [1.29, 1.82) is 0 Å². The third kappa shape index (κ3) is 3.65. The number of thioether (sulfide) groups is 1. The molecule has 88 valence electrons. The highest BCUT2D eigenvalue weighted by atomic mass is 32.2. The maximum Gasteiger partial charge on any atom is 0.0195 e. The summed E-state index contributed by atoms with van der Waals surface area (Å²) in [6.45, 7) is 2.49. The Balaban J connectivity index is 1.73. The molecule has 2 aliphatic heterocycles. The van der Waals surface area contributed by atoms with E-state index in [1.807, 2.05) is 0 Å². The first-order chi connectivity index (χ1) is 7.36. The monoisotopic (exact) mass is 228 g/mol. The Kier molecular flexibility index (Phi) is 4.79. The Morgan fingerprint density at radius 1 is 1.27 bits per heavy atom. The molecule has 0 amide bonds.